The number of hydrogen-bond donors (Lipinski definition) is 1. The van der Waals surface area contributed by atoms with Crippen LogP contribution in [0, 0.1) is 0 Å². The van der Waals surface area contributed by atoms with E-state index in [2.05, 4.69) is 0 Å². The Morgan fingerprint density at radius 3 is 2.79 bits per heavy atom. The van der Waals surface area contributed by atoms with E-state index < -0.39 is 12.6 Å². The van der Waals surface area contributed by atoms with Gasteiger partial charge in [-0.3, -0.25) is 4.79 Å². The number of aliphatic carboxylic acids is 1. The summed E-state index contributed by atoms with van der Waals surface area (Å²) in [4.78, 5) is 10.3. The fraction of sp³-hybridized carbons (Fsp3) is 0.300. The standard InChI is InChI=1S/C10H10ClFO2/c11-9-3-1-2-7(8(9)6-12)4-5-10(13)14/h1-3H,4-6H2,(H,13,14). The molecule has 0 atom stereocenters. The van der Waals surface area contributed by atoms with E-state index in [4.69, 9.17) is 16.7 Å². The number of aryl methyl sites for hydroxylation is 1. The van der Waals surface area contributed by atoms with Crippen molar-refractivity contribution in [3.63, 3.8) is 0 Å². The summed E-state index contributed by atoms with van der Waals surface area (Å²) in [5.41, 5.74) is 1.07. The second-order valence-electron chi connectivity index (χ2n) is 2.90. The molecule has 0 heterocycles. The molecule has 14 heavy (non-hydrogen) atoms. The maximum Gasteiger partial charge on any atom is 0.303 e. The minimum absolute atomic E-state index is 0.00660. The maximum atomic E-state index is 12.5. The molecule has 0 amide bonds. The smallest absolute Gasteiger partial charge is 0.303 e. The van der Waals surface area contributed by atoms with Crippen LogP contribution < -0.4 is 0 Å². The summed E-state index contributed by atoms with van der Waals surface area (Å²) in [7, 11) is 0. The molecule has 0 radical (unpaired) electrons. The highest BCUT2D eigenvalue weighted by molar-refractivity contribution is 6.31. The van der Waals surface area contributed by atoms with Gasteiger partial charge in [0, 0.05) is 17.0 Å². The number of rotatable bonds is 4. The van der Waals surface area contributed by atoms with Gasteiger partial charge >= 0.3 is 5.97 Å². The van der Waals surface area contributed by atoms with E-state index >= 15 is 0 Å². The van der Waals surface area contributed by atoms with Crippen LogP contribution in [-0.2, 0) is 17.9 Å². The van der Waals surface area contributed by atoms with E-state index in [0.717, 1.165) is 0 Å². The van der Waals surface area contributed by atoms with Crippen molar-refractivity contribution in [2.24, 2.45) is 0 Å². The van der Waals surface area contributed by atoms with Crippen molar-refractivity contribution in [2.75, 3.05) is 0 Å². The lowest BCUT2D eigenvalue weighted by Crippen LogP contribution is -2.00. The molecule has 0 aliphatic rings. The van der Waals surface area contributed by atoms with E-state index in [1.807, 2.05) is 0 Å². The Bertz CT molecular complexity index is 339. The quantitative estimate of drug-likeness (QED) is 0.841. The van der Waals surface area contributed by atoms with Gasteiger partial charge < -0.3 is 5.11 Å². The zero-order chi connectivity index (χ0) is 10.6. The lowest BCUT2D eigenvalue weighted by atomic mass is 10.0. The Balaban J connectivity index is 2.85. The van der Waals surface area contributed by atoms with E-state index in [1.165, 1.54) is 0 Å². The van der Waals surface area contributed by atoms with Crippen molar-refractivity contribution in [1.29, 1.82) is 0 Å². The molecule has 0 bridgehead atoms. The van der Waals surface area contributed by atoms with E-state index in [1.54, 1.807) is 18.2 Å². The first-order valence-electron chi connectivity index (χ1n) is 4.19. The summed E-state index contributed by atoms with van der Waals surface area (Å²) in [5, 5.41) is 8.84. The predicted molar refractivity (Wildman–Crippen MR) is 52.2 cm³/mol. The third-order valence-corrected chi connectivity index (χ3v) is 2.31. The molecule has 0 saturated heterocycles. The summed E-state index contributed by atoms with van der Waals surface area (Å²) in [6, 6.07) is 4.99. The number of benzene rings is 1. The zero-order valence-corrected chi connectivity index (χ0v) is 8.22. The SMILES string of the molecule is O=C(O)CCc1cccc(Cl)c1CF. The molecule has 4 heteroatoms. The predicted octanol–water partition coefficient (Wildman–Crippen LogP) is 2.83. The normalized spacial score (nSPS) is 10.1. The van der Waals surface area contributed by atoms with Gasteiger partial charge in [-0.2, -0.15) is 0 Å². The summed E-state index contributed by atoms with van der Waals surface area (Å²) in [5.74, 6) is -0.894. The Labute approximate surface area is 86.3 Å². The third kappa shape index (κ3) is 2.70. The second kappa shape index (κ2) is 4.96. The number of alkyl halides is 1. The van der Waals surface area contributed by atoms with Gasteiger partial charge in [0.25, 0.3) is 0 Å². The number of carboxylic acid groups (broad SMARTS) is 1. The fourth-order valence-corrected chi connectivity index (χ4v) is 1.47. The molecule has 0 aromatic heterocycles. The van der Waals surface area contributed by atoms with Crippen LogP contribution in [0.4, 0.5) is 4.39 Å². The van der Waals surface area contributed by atoms with Gasteiger partial charge in [-0.15, -0.1) is 0 Å². The van der Waals surface area contributed by atoms with Crippen molar-refractivity contribution in [2.45, 2.75) is 19.5 Å². The molecule has 1 aromatic rings. The molecular weight excluding hydrogens is 207 g/mol. The average Bonchev–Trinajstić information content (AvgIpc) is 2.14. The first-order valence-corrected chi connectivity index (χ1v) is 4.57. The number of halogens is 2. The van der Waals surface area contributed by atoms with Crippen LogP contribution in [0.25, 0.3) is 0 Å². The molecule has 1 aromatic carbocycles. The van der Waals surface area contributed by atoms with Gasteiger partial charge in [-0.05, 0) is 18.1 Å². The topological polar surface area (TPSA) is 37.3 Å². The molecule has 76 valence electrons. The molecular formula is C10H10ClFO2. The summed E-state index contributed by atoms with van der Waals surface area (Å²) >= 11 is 5.76. The minimum atomic E-state index is -0.894. The summed E-state index contributed by atoms with van der Waals surface area (Å²) in [6.45, 7) is -0.658. The fourth-order valence-electron chi connectivity index (χ4n) is 1.23. The first kappa shape index (κ1) is 11.0. The van der Waals surface area contributed by atoms with Crippen molar-refractivity contribution in [3.05, 3.63) is 34.3 Å². The first-order chi connectivity index (χ1) is 6.65. The number of carbonyl (C=O) groups is 1. The second-order valence-corrected chi connectivity index (χ2v) is 3.31. The molecule has 2 nitrogen and oxygen atoms in total. The van der Waals surface area contributed by atoms with Crippen molar-refractivity contribution in [1.82, 2.24) is 0 Å². The van der Waals surface area contributed by atoms with Crippen LogP contribution in [0.2, 0.25) is 5.02 Å². The van der Waals surface area contributed by atoms with E-state index in [9.17, 15) is 9.18 Å². The maximum absolute atomic E-state index is 12.5. The lowest BCUT2D eigenvalue weighted by Gasteiger charge is -2.06. The van der Waals surface area contributed by atoms with Crippen LogP contribution >= 0.6 is 11.6 Å². The zero-order valence-electron chi connectivity index (χ0n) is 7.46. The third-order valence-electron chi connectivity index (χ3n) is 1.96. The Morgan fingerprint density at radius 1 is 1.50 bits per heavy atom. The van der Waals surface area contributed by atoms with Gasteiger partial charge in [0.1, 0.15) is 6.67 Å². The number of hydrogen-bond acceptors (Lipinski definition) is 1. The van der Waals surface area contributed by atoms with Crippen molar-refractivity contribution >= 4 is 17.6 Å². The molecule has 0 spiro atoms. The largest absolute Gasteiger partial charge is 0.481 e. The highest BCUT2D eigenvalue weighted by Gasteiger charge is 2.07. The summed E-state index contributed by atoms with van der Waals surface area (Å²) < 4.78 is 12.5. The lowest BCUT2D eigenvalue weighted by molar-refractivity contribution is -0.136. The minimum Gasteiger partial charge on any atom is -0.481 e. The van der Waals surface area contributed by atoms with Crippen molar-refractivity contribution < 1.29 is 14.3 Å². The molecule has 0 aliphatic carbocycles. The van der Waals surface area contributed by atoms with E-state index in [-0.39, 0.29) is 6.42 Å². The average molecular weight is 217 g/mol. The summed E-state index contributed by atoms with van der Waals surface area (Å²) in [6.07, 6.45) is 0.308. The highest BCUT2D eigenvalue weighted by atomic mass is 35.5. The van der Waals surface area contributed by atoms with Crippen molar-refractivity contribution in [3.8, 4) is 0 Å². The Hall–Kier alpha value is -1.09. The van der Waals surface area contributed by atoms with Crippen LogP contribution in [0.15, 0.2) is 18.2 Å². The number of carboxylic acids is 1. The molecule has 0 fully saturated rings. The van der Waals surface area contributed by atoms with Gasteiger partial charge in [0.05, 0.1) is 0 Å². The van der Waals surface area contributed by atoms with E-state index in [0.29, 0.717) is 22.6 Å². The monoisotopic (exact) mass is 216 g/mol. The Kier molecular flexibility index (Phi) is 3.89. The molecule has 1 N–H and O–H groups in total. The van der Waals surface area contributed by atoms with Gasteiger partial charge in [0.2, 0.25) is 0 Å². The van der Waals surface area contributed by atoms with Gasteiger partial charge in [0.15, 0.2) is 0 Å². The highest BCUT2D eigenvalue weighted by Crippen LogP contribution is 2.22. The molecule has 1 rings (SSSR count). The van der Waals surface area contributed by atoms with Crippen LogP contribution in [0.5, 0.6) is 0 Å². The Morgan fingerprint density at radius 2 is 2.21 bits per heavy atom. The van der Waals surface area contributed by atoms with Gasteiger partial charge in [-0.25, -0.2) is 4.39 Å². The van der Waals surface area contributed by atoms with Crippen LogP contribution in [-0.4, -0.2) is 11.1 Å². The van der Waals surface area contributed by atoms with Crippen LogP contribution in [0.3, 0.4) is 0 Å². The molecule has 0 unspecified atom stereocenters. The molecule has 0 aliphatic heterocycles. The van der Waals surface area contributed by atoms with Gasteiger partial charge in [-0.1, -0.05) is 23.7 Å². The molecule has 0 saturated carbocycles. The van der Waals surface area contributed by atoms with Crippen LogP contribution in [0.1, 0.15) is 17.5 Å².